The lowest BCUT2D eigenvalue weighted by molar-refractivity contribution is -0.136. The molecule has 0 spiro atoms. The topological polar surface area (TPSA) is 76.7 Å². The Bertz CT molecular complexity index is 1230. The summed E-state index contributed by atoms with van der Waals surface area (Å²) in [6.45, 7) is 0.218. The number of carbonyl (C=O) groups excluding carboxylic acids is 2. The molecule has 0 saturated carbocycles. The van der Waals surface area contributed by atoms with Crippen LogP contribution in [0.2, 0.25) is 10.0 Å². The Morgan fingerprint density at radius 2 is 1.70 bits per heavy atom. The second kappa shape index (κ2) is 9.98. The highest BCUT2D eigenvalue weighted by molar-refractivity contribution is 6.42. The Kier molecular flexibility index (Phi) is 6.87. The van der Waals surface area contributed by atoms with Gasteiger partial charge < -0.3 is 20.1 Å². The normalized spacial score (nSPS) is 15.5. The molecule has 168 valence electrons. The Labute approximate surface area is 201 Å². The van der Waals surface area contributed by atoms with Crippen molar-refractivity contribution in [2.75, 3.05) is 7.11 Å². The number of urea groups is 1. The van der Waals surface area contributed by atoms with Crippen molar-refractivity contribution in [3.8, 4) is 5.75 Å². The number of esters is 1. The van der Waals surface area contributed by atoms with E-state index in [4.69, 9.17) is 32.7 Å². The van der Waals surface area contributed by atoms with Gasteiger partial charge in [-0.3, -0.25) is 0 Å². The number of para-hydroxylation sites is 1. The van der Waals surface area contributed by atoms with E-state index in [1.54, 1.807) is 24.3 Å². The molecule has 1 heterocycles. The van der Waals surface area contributed by atoms with E-state index in [0.717, 1.165) is 5.56 Å². The van der Waals surface area contributed by atoms with Gasteiger partial charge in [-0.2, -0.15) is 0 Å². The average molecular weight is 483 g/mol. The minimum atomic E-state index is -0.786. The van der Waals surface area contributed by atoms with E-state index in [2.05, 4.69) is 10.6 Å². The van der Waals surface area contributed by atoms with Gasteiger partial charge in [0, 0.05) is 5.56 Å². The minimum absolute atomic E-state index is 0.218. The third-order valence-corrected chi connectivity index (χ3v) is 5.89. The average Bonchev–Trinajstić information content (AvgIpc) is 2.84. The second-order valence-corrected chi connectivity index (χ2v) is 8.07. The maximum absolute atomic E-state index is 12.9. The van der Waals surface area contributed by atoms with E-state index >= 15 is 0 Å². The fourth-order valence-electron chi connectivity index (χ4n) is 3.60. The van der Waals surface area contributed by atoms with Crippen molar-refractivity contribution in [1.82, 2.24) is 10.6 Å². The standard InChI is InChI=1S/C25H20Cl2N2O4/c1-32-24(30)21-22(16-7-3-2-4-8-16)28-25(31)29-23(21)17-9-5-6-10-20(17)33-14-15-11-12-18(26)19(27)13-15/h2-13,23H,14H2,1H3,(H2,28,29,31). The van der Waals surface area contributed by atoms with Gasteiger partial charge in [-0.25, -0.2) is 9.59 Å². The van der Waals surface area contributed by atoms with E-state index in [-0.39, 0.29) is 12.2 Å². The van der Waals surface area contributed by atoms with Crippen LogP contribution in [0.1, 0.15) is 22.7 Å². The number of rotatable bonds is 6. The first-order chi connectivity index (χ1) is 16.0. The molecule has 1 aliphatic heterocycles. The number of ether oxygens (including phenoxy) is 2. The fourth-order valence-corrected chi connectivity index (χ4v) is 3.92. The molecule has 1 aliphatic rings. The van der Waals surface area contributed by atoms with Gasteiger partial charge in [0.2, 0.25) is 0 Å². The molecular formula is C25H20Cl2N2O4. The van der Waals surface area contributed by atoms with Crippen molar-refractivity contribution in [3.63, 3.8) is 0 Å². The summed E-state index contributed by atoms with van der Waals surface area (Å²) in [5, 5.41) is 6.46. The quantitative estimate of drug-likeness (QED) is 0.454. The zero-order valence-corrected chi connectivity index (χ0v) is 19.1. The molecule has 0 fully saturated rings. The summed E-state index contributed by atoms with van der Waals surface area (Å²) in [6.07, 6.45) is 0. The third-order valence-electron chi connectivity index (χ3n) is 5.15. The van der Waals surface area contributed by atoms with Gasteiger partial charge in [-0.15, -0.1) is 0 Å². The maximum Gasteiger partial charge on any atom is 0.338 e. The molecular weight excluding hydrogens is 463 g/mol. The molecule has 1 atom stereocenters. The molecule has 6 nitrogen and oxygen atoms in total. The summed E-state index contributed by atoms with van der Waals surface area (Å²) < 4.78 is 11.1. The summed E-state index contributed by atoms with van der Waals surface area (Å²) in [7, 11) is 1.30. The monoisotopic (exact) mass is 482 g/mol. The van der Waals surface area contributed by atoms with Gasteiger partial charge in [-0.05, 0) is 29.3 Å². The largest absolute Gasteiger partial charge is 0.489 e. The molecule has 3 aromatic rings. The first kappa shape index (κ1) is 22.7. The Hall–Kier alpha value is -3.48. The number of methoxy groups -OCH3 is 1. The highest BCUT2D eigenvalue weighted by Gasteiger charge is 2.35. The molecule has 0 saturated heterocycles. The molecule has 2 amide bonds. The summed E-state index contributed by atoms with van der Waals surface area (Å²) in [5.41, 5.74) is 2.78. The minimum Gasteiger partial charge on any atom is -0.489 e. The molecule has 8 heteroatoms. The smallest absolute Gasteiger partial charge is 0.338 e. The van der Waals surface area contributed by atoms with E-state index in [1.807, 2.05) is 48.5 Å². The Morgan fingerprint density at radius 3 is 2.42 bits per heavy atom. The van der Waals surface area contributed by atoms with Crippen molar-refractivity contribution in [2.24, 2.45) is 0 Å². The van der Waals surface area contributed by atoms with Crippen LogP contribution in [-0.4, -0.2) is 19.1 Å². The number of amides is 2. The highest BCUT2D eigenvalue weighted by Crippen LogP contribution is 2.36. The number of halogens is 2. The van der Waals surface area contributed by atoms with Gasteiger partial charge in [-0.1, -0.05) is 77.8 Å². The van der Waals surface area contributed by atoms with Crippen molar-refractivity contribution < 1.29 is 19.1 Å². The maximum atomic E-state index is 12.9. The predicted octanol–water partition coefficient (Wildman–Crippen LogP) is 5.51. The molecule has 0 radical (unpaired) electrons. The van der Waals surface area contributed by atoms with Crippen LogP contribution in [0.3, 0.4) is 0 Å². The number of benzene rings is 3. The highest BCUT2D eigenvalue weighted by atomic mass is 35.5. The van der Waals surface area contributed by atoms with Crippen molar-refractivity contribution in [3.05, 3.63) is 105 Å². The molecule has 0 aliphatic carbocycles. The lowest BCUT2D eigenvalue weighted by Gasteiger charge is -2.30. The molecule has 1 unspecified atom stereocenters. The van der Waals surface area contributed by atoms with Gasteiger partial charge >= 0.3 is 12.0 Å². The lowest BCUT2D eigenvalue weighted by atomic mass is 9.92. The van der Waals surface area contributed by atoms with Gasteiger partial charge in [0.1, 0.15) is 12.4 Å². The molecule has 0 aromatic heterocycles. The first-order valence-corrected chi connectivity index (χ1v) is 10.8. The van der Waals surface area contributed by atoms with Crippen LogP contribution in [0.4, 0.5) is 4.79 Å². The van der Waals surface area contributed by atoms with Crippen LogP contribution in [0.15, 0.2) is 78.4 Å². The number of hydrogen-bond acceptors (Lipinski definition) is 4. The zero-order chi connectivity index (χ0) is 23.4. The van der Waals surface area contributed by atoms with Crippen LogP contribution in [0, 0.1) is 0 Å². The van der Waals surface area contributed by atoms with Crippen molar-refractivity contribution in [1.29, 1.82) is 0 Å². The Morgan fingerprint density at radius 1 is 0.970 bits per heavy atom. The van der Waals surface area contributed by atoms with E-state index in [0.29, 0.717) is 32.6 Å². The van der Waals surface area contributed by atoms with Crippen LogP contribution in [0.5, 0.6) is 5.75 Å². The molecule has 4 rings (SSSR count). The molecule has 2 N–H and O–H groups in total. The molecule has 0 bridgehead atoms. The van der Waals surface area contributed by atoms with Crippen molar-refractivity contribution >= 4 is 40.9 Å². The van der Waals surface area contributed by atoms with Gasteiger partial charge in [0.15, 0.2) is 0 Å². The summed E-state index contributed by atoms with van der Waals surface area (Å²) >= 11 is 12.1. The number of hydrogen-bond donors (Lipinski definition) is 2. The van der Waals surface area contributed by atoms with Gasteiger partial charge in [0.25, 0.3) is 0 Å². The zero-order valence-electron chi connectivity index (χ0n) is 17.6. The summed E-state index contributed by atoms with van der Waals surface area (Å²) in [6, 6.07) is 20.4. The van der Waals surface area contributed by atoms with E-state index in [1.165, 1.54) is 7.11 Å². The first-order valence-electron chi connectivity index (χ1n) is 10.1. The molecule has 33 heavy (non-hydrogen) atoms. The Balaban J connectivity index is 1.74. The van der Waals surface area contributed by atoms with Crippen LogP contribution < -0.4 is 15.4 Å². The van der Waals surface area contributed by atoms with Crippen molar-refractivity contribution in [2.45, 2.75) is 12.6 Å². The second-order valence-electron chi connectivity index (χ2n) is 7.25. The SMILES string of the molecule is COC(=O)C1=C(c2ccccc2)NC(=O)NC1c1ccccc1OCc1ccc(Cl)c(Cl)c1. The summed E-state index contributed by atoms with van der Waals surface area (Å²) in [4.78, 5) is 25.4. The van der Waals surface area contributed by atoms with Crippen LogP contribution >= 0.6 is 23.2 Å². The van der Waals surface area contributed by atoms with Crippen LogP contribution in [0.25, 0.3) is 5.70 Å². The number of carbonyl (C=O) groups is 2. The van der Waals surface area contributed by atoms with Crippen LogP contribution in [-0.2, 0) is 16.1 Å². The van der Waals surface area contributed by atoms with Gasteiger partial charge in [0.05, 0.1) is 34.5 Å². The summed E-state index contributed by atoms with van der Waals surface area (Å²) in [5.74, 6) is -0.0600. The predicted molar refractivity (Wildman–Crippen MR) is 127 cm³/mol. The molecule has 3 aromatic carbocycles. The van der Waals surface area contributed by atoms with E-state index < -0.39 is 18.0 Å². The number of nitrogens with one attached hydrogen (secondary N) is 2. The lowest BCUT2D eigenvalue weighted by Crippen LogP contribution is -2.45. The third kappa shape index (κ3) is 4.97. The fraction of sp³-hybridized carbons (Fsp3) is 0.120. The van der Waals surface area contributed by atoms with E-state index in [9.17, 15) is 9.59 Å².